The van der Waals surface area contributed by atoms with Crippen molar-refractivity contribution < 1.29 is 9.59 Å². The third-order valence-corrected chi connectivity index (χ3v) is 4.88. The van der Waals surface area contributed by atoms with Gasteiger partial charge in [-0.25, -0.2) is 0 Å². The highest BCUT2D eigenvalue weighted by Gasteiger charge is 2.41. The van der Waals surface area contributed by atoms with E-state index in [4.69, 9.17) is 0 Å². The number of hydrogen-bond donors (Lipinski definition) is 1. The molecule has 0 radical (unpaired) electrons. The van der Waals surface area contributed by atoms with E-state index >= 15 is 0 Å². The Morgan fingerprint density at radius 2 is 2.21 bits per heavy atom. The molecule has 0 bridgehead atoms. The van der Waals surface area contributed by atoms with Crippen molar-refractivity contribution in [3.63, 3.8) is 0 Å². The number of amides is 2. The molecule has 2 atom stereocenters. The third kappa shape index (κ3) is 3.95. The number of nitrogens with zero attached hydrogens (tertiary/aromatic N) is 4. The van der Waals surface area contributed by atoms with Crippen molar-refractivity contribution in [1.82, 2.24) is 24.9 Å². The largest absolute Gasteiger partial charge is 0.354 e. The maximum Gasteiger partial charge on any atom is 0.225 e. The van der Waals surface area contributed by atoms with Crippen LogP contribution in [0.1, 0.15) is 38.4 Å². The Kier molecular flexibility index (Phi) is 6.36. The maximum atomic E-state index is 12.8. The molecule has 7 nitrogen and oxygen atoms in total. The fourth-order valence-electron chi connectivity index (χ4n) is 3.30. The van der Waals surface area contributed by atoms with E-state index in [2.05, 4.69) is 22.2 Å². The lowest BCUT2D eigenvalue weighted by Gasteiger charge is -2.40. The number of hydrogen-bond acceptors (Lipinski definition) is 4. The number of likely N-dealkylation sites (N-methyl/N-ethyl adjacent to an activating group) is 1. The normalized spacial score (nSPS) is 21.4. The molecule has 1 aromatic heterocycles. The second kappa shape index (κ2) is 8.28. The molecule has 2 amide bonds. The number of likely N-dealkylation sites (tertiary alicyclic amines) is 1. The van der Waals surface area contributed by atoms with Gasteiger partial charge in [0, 0.05) is 39.3 Å². The number of aryl methyl sites for hydroxylation is 1. The molecule has 1 N–H and O–H groups in total. The predicted molar refractivity (Wildman–Crippen MR) is 92.2 cm³/mol. The van der Waals surface area contributed by atoms with Gasteiger partial charge in [0.2, 0.25) is 11.8 Å². The van der Waals surface area contributed by atoms with Gasteiger partial charge in [0.05, 0.1) is 17.7 Å². The Morgan fingerprint density at radius 1 is 1.46 bits per heavy atom. The minimum Gasteiger partial charge on any atom is -0.354 e. The first-order valence-corrected chi connectivity index (χ1v) is 8.73. The van der Waals surface area contributed by atoms with Crippen LogP contribution in [-0.4, -0.2) is 64.6 Å². The highest BCUT2D eigenvalue weighted by atomic mass is 16.2. The molecule has 1 saturated heterocycles. The molecule has 2 heterocycles. The molecule has 0 spiro atoms. The summed E-state index contributed by atoms with van der Waals surface area (Å²) in [6.07, 6.45) is 2.73. The van der Waals surface area contributed by atoms with Crippen LogP contribution in [0.5, 0.6) is 0 Å². The zero-order valence-electron chi connectivity index (χ0n) is 15.2. The number of rotatable bonds is 7. The summed E-state index contributed by atoms with van der Waals surface area (Å²) < 4.78 is 1.76. The van der Waals surface area contributed by atoms with Crippen LogP contribution in [0.3, 0.4) is 0 Å². The average molecular weight is 335 g/mol. The highest BCUT2D eigenvalue weighted by Crippen LogP contribution is 2.36. The highest BCUT2D eigenvalue weighted by molar-refractivity contribution is 5.84. The van der Waals surface area contributed by atoms with Crippen LogP contribution in [0, 0.1) is 5.92 Å². The van der Waals surface area contributed by atoms with Gasteiger partial charge in [0.1, 0.15) is 0 Å². The molecule has 1 aliphatic rings. The standard InChI is InChI=1S/C17H29N5O2/c1-5-20(3)12-11-18-17(24)13-7-8-15(23)22(6-2)16(13)14-9-10-19-21(14)4/h9-10,13,16H,5-8,11-12H2,1-4H3,(H,18,24)/t13-,16-/m0/s1. The van der Waals surface area contributed by atoms with E-state index in [0.29, 0.717) is 25.9 Å². The number of nitrogens with one attached hydrogen (secondary N) is 1. The van der Waals surface area contributed by atoms with E-state index in [9.17, 15) is 9.59 Å². The summed E-state index contributed by atoms with van der Waals surface area (Å²) in [4.78, 5) is 29.0. The van der Waals surface area contributed by atoms with Crippen LogP contribution in [-0.2, 0) is 16.6 Å². The van der Waals surface area contributed by atoms with Gasteiger partial charge in [-0.1, -0.05) is 6.92 Å². The number of carbonyl (C=O) groups excluding carboxylic acids is 2. The second-order valence-electron chi connectivity index (χ2n) is 6.34. The summed E-state index contributed by atoms with van der Waals surface area (Å²) in [6.45, 7) is 7.04. The number of piperidine rings is 1. The Hall–Kier alpha value is -1.89. The molecular weight excluding hydrogens is 306 g/mol. The predicted octanol–water partition coefficient (Wildman–Crippen LogP) is 0.788. The van der Waals surface area contributed by atoms with Crippen LogP contribution in [0.25, 0.3) is 0 Å². The van der Waals surface area contributed by atoms with E-state index in [1.807, 2.05) is 32.0 Å². The summed E-state index contributed by atoms with van der Waals surface area (Å²) in [5.41, 5.74) is 0.913. The lowest BCUT2D eigenvalue weighted by Crippen LogP contribution is -2.49. The van der Waals surface area contributed by atoms with Crippen LogP contribution in [0.15, 0.2) is 12.3 Å². The first kappa shape index (κ1) is 18.4. The lowest BCUT2D eigenvalue weighted by atomic mass is 9.85. The molecule has 0 saturated carbocycles. The van der Waals surface area contributed by atoms with Crippen LogP contribution in [0.4, 0.5) is 0 Å². The molecule has 24 heavy (non-hydrogen) atoms. The van der Waals surface area contributed by atoms with Gasteiger partial charge < -0.3 is 15.1 Å². The zero-order valence-corrected chi connectivity index (χ0v) is 15.2. The summed E-state index contributed by atoms with van der Waals surface area (Å²) >= 11 is 0. The smallest absolute Gasteiger partial charge is 0.225 e. The van der Waals surface area contributed by atoms with Crippen LogP contribution in [0.2, 0.25) is 0 Å². The lowest BCUT2D eigenvalue weighted by molar-refractivity contribution is -0.143. The quantitative estimate of drug-likeness (QED) is 0.800. The van der Waals surface area contributed by atoms with Crippen molar-refractivity contribution in [2.45, 2.75) is 32.7 Å². The van der Waals surface area contributed by atoms with E-state index in [1.165, 1.54) is 0 Å². The maximum absolute atomic E-state index is 12.8. The fraction of sp³-hybridized carbons (Fsp3) is 0.706. The Morgan fingerprint density at radius 3 is 2.79 bits per heavy atom. The second-order valence-corrected chi connectivity index (χ2v) is 6.34. The topological polar surface area (TPSA) is 70.5 Å². The fourth-order valence-corrected chi connectivity index (χ4v) is 3.30. The van der Waals surface area contributed by atoms with E-state index in [1.54, 1.807) is 10.9 Å². The molecule has 1 aromatic rings. The van der Waals surface area contributed by atoms with Crippen molar-refractivity contribution in [3.05, 3.63) is 18.0 Å². The first-order chi connectivity index (χ1) is 11.5. The van der Waals surface area contributed by atoms with Crippen molar-refractivity contribution in [1.29, 1.82) is 0 Å². The minimum absolute atomic E-state index is 0.0247. The molecule has 1 fully saturated rings. The van der Waals surface area contributed by atoms with Gasteiger partial charge >= 0.3 is 0 Å². The van der Waals surface area contributed by atoms with Crippen LogP contribution < -0.4 is 5.32 Å². The average Bonchev–Trinajstić information content (AvgIpc) is 2.99. The molecule has 0 aliphatic carbocycles. The SMILES string of the molecule is CCN(C)CCNC(=O)[C@H]1CCC(=O)N(CC)[C@@H]1c1ccnn1C. The molecule has 2 rings (SSSR count). The molecular formula is C17H29N5O2. The van der Waals surface area contributed by atoms with Crippen molar-refractivity contribution in [2.75, 3.05) is 33.2 Å². The summed E-state index contributed by atoms with van der Waals surface area (Å²) in [5, 5.41) is 7.26. The van der Waals surface area contributed by atoms with Gasteiger partial charge in [-0.2, -0.15) is 5.10 Å². The van der Waals surface area contributed by atoms with Gasteiger partial charge in [-0.15, -0.1) is 0 Å². The summed E-state index contributed by atoms with van der Waals surface area (Å²) in [6, 6.07) is 1.66. The van der Waals surface area contributed by atoms with Crippen molar-refractivity contribution in [3.8, 4) is 0 Å². The molecule has 7 heteroatoms. The number of carbonyl (C=O) groups is 2. The summed E-state index contributed by atoms with van der Waals surface area (Å²) in [7, 11) is 3.89. The van der Waals surface area contributed by atoms with Gasteiger partial charge in [0.15, 0.2) is 0 Å². The first-order valence-electron chi connectivity index (χ1n) is 8.73. The Balaban J connectivity index is 2.15. The van der Waals surface area contributed by atoms with Gasteiger partial charge in [-0.05, 0) is 33.0 Å². The van der Waals surface area contributed by atoms with Crippen molar-refractivity contribution >= 4 is 11.8 Å². The Bertz CT molecular complexity index is 571. The molecule has 0 aromatic carbocycles. The zero-order chi connectivity index (χ0) is 17.7. The number of aromatic nitrogens is 2. The van der Waals surface area contributed by atoms with E-state index in [0.717, 1.165) is 18.8 Å². The van der Waals surface area contributed by atoms with E-state index < -0.39 is 0 Å². The van der Waals surface area contributed by atoms with Crippen LogP contribution >= 0.6 is 0 Å². The Labute approximate surface area is 144 Å². The third-order valence-electron chi connectivity index (χ3n) is 4.88. The van der Waals surface area contributed by atoms with Crippen molar-refractivity contribution in [2.24, 2.45) is 13.0 Å². The molecule has 1 aliphatic heterocycles. The minimum atomic E-state index is -0.243. The molecule has 0 unspecified atom stereocenters. The molecule has 134 valence electrons. The summed E-state index contributed by atoms with van der Waals surface area (Å²) in [5.74, 6) is -0.0971. The van der Waals surface area contributed by atoms with Gasteiger partial charge in [-0.3, -0.25) is 14.3 Å². The van der Waals surface area contributed by atoms with E-state index in [-0.39, 0.29) is 23.8 Å². The van der Waals surface area contributed by atoms with Gasteiger partial charge in [0.25, 0.3) is 0 Å². The monoisotopic (exact) mass is 335 g/mol.